The quantitative estimate of drug-likeness (QED) is 0.352. The number of likely N-dealkylation sites (N-methyl/N-ethyl adjacent to an activating group) is 1. The van der Waals surface area contributed by atoms with Crippen LogP contribution in [0.2, 0.25) is 0 Å². The number of hydrogen-bond donors (Lipinski definition) is 2. The molecule has 0 radical (unpaired) electrons. The normalized spacial score (nSPS) is 18.7. The van der Waals surface area contributed by atoms with Crippen molar-refractivity contribution in [3.05, 3.63) is 35.9 Å². The lowest BCUT2D eigenvalue weighted by atomic mass is 10.0. The van der Waals surface area contributed by atoms with Crippen LogP contribution in [0.1, 0.15) is 39.3 Å². The third-order valence-corrected chi connectivity index (χ3v) is 5.21. The van der Waals surface area contributed by atoms with Gasteiger partial charge in [-0.15, -0.1) is 24.0 Å². The van der Waals surface area contributed by atoms with Crippen LogP contribution in [0.25, 0.3) is 0 Å². The molecule has 0 bridgehead atoms. The van der Waals surface area contributed by atoms with Crippen LogP contribution in [0.5, 0.6) is 0 Å². The molecule has 6 heteroatoms. The summed E-state index contributed by atoms with van der Waals surface area (Å²) in [4.78, 5) is 9.95. The molecule has 0 spiro atoms. The summed E-state index contributed by atoms with van der Waals surface area (Å²) in [5.41, 5.74) is 1.28. The summed E-state index contributed by atoms with van der Waals surface area (Å²) in [6.45, 7) is 15.2. The van der Waals surface area contributed by atoms with Crippen LogP contribution in [0.3, 0.4) is 0 Å². The first-order valence-electron chi connectivity index (χ1n) is 10.0. The second-order valence-corrected chi connectivity index (χ2v) is 7.65. The molecule has 1 aromatic carbocycles. The largest absolute Gasteiger partial charge is 0.357 e. The number of nitrogens with one attached hydrogen (secondary N) is 2. The average Bonchev–Trinajstić information content (AvgIpc) is 2.64. The third-order valence-electron chi connectivity index (χ3n) is 5.21. The molecule has 2 atom stereocenters. The van der Waals surface area contributed by atoms with Gasteiger partial charge in [0.15, 0.2) is 5.96 Å². The summed E-state index contributed by atoms with van der Waals surface area (Å²) in [6, 6.07) is 11.3. The van der Waals surface area contributed by atoms with Gasteiger partial charge in [-0.2, -0.15) is 0 Å². The highest BCUT2D eigenvalue weighted by atomic mass is 127. The van der Waals surface area contributed by atoms with E-state index < -0.39 is 0 Å². The highest BCUT2D eigenvalue weighted by Gasteiger charge is 2.24. The van der Waals surface area contributed by atoms with Gasteiger partial charge < -0.3 is 15.5 Å². The minimum absolute atomic E-state index is 0. The van der Waals surface area contributed by atoms with Gasteiger partial charge in [0.1, 0.15) is 0 Å². The number of nitrogens with zero attached hydrogens (tertiary/aromatic N) is 3. The standard InChI is InChI=1S/C21H37N5.HI/c1-6-22-21(24-18(4)19-10-8-7-9-11-19)23-16-20(17(2)3)26-14-12-25(5)13-15-26;/h7-11,17-18,20H,6,12-16H2,1-5H3,(H2,22,23,24);1H. The average molecular weight is 487 g/mol. The zero-order valence-electron chi connectivity index (χ0n) is 17.6. The molecule has 5 nitrogen and oxygen atoms in total. The van der Waals surface area contributed by atoms with E-state index >= 15 is 0 Å². The summed E-state index contributed by atoms with van der Waals surface area (Å²) >= 11 is 0. The van der Waals surface area contributed by atoms with Crippen LogP contribution in [-0.4, -0.2) is 68.1 Å². The van der Waals surface area contributed by atoms with Crippen molar-refractivity contribution in [2.75, 3.05) is 46.3 Å². The molecule has 2 unspecified atom stereocenters. The zero-order chi connectivity index (χ0) is 18.9. The molecule has 1 heterocycles. The van der Waals surface area contributed by atoms with Gasteiger partial charge in [0.05, 0.1) is 12.6 Å². The Balaban J connectivity index is 0.00000364. The summed E-state index contributed by atoms with van der Waals surface area (Å²) in [5.74, 6) is 1.50. The van der Waals surface area contributed by atoms with Crippen molar-refractivity contribution in [2.24, 2.45) is 10.9 Å². The molecular weight excluding hydrogens is 449 g/mol. The first-order valence-corrected chi connectivity index (χ1v) is 10.0. The fourth-order valence-corrected chi connectivity index (χ4v) is 3.44. The SMILES string of the molecule is CCNC(=NCC(C(C)C)N1CCN(C)CC1)NC(C)c1ccccc1.I. The first-order chi connectivity index (χ1) is 12.5. The highest BCUT2D eigenvalue weighted by molar-refractivity contribution is 14.0. The van der Waals surface area contributed by atoms with E-state index in [4.69, 9.17) is 4.99 Å². The Labute approximate surface area is 183 Å². The molecule has 1 saturated heterocycles. The van der Waals surface area contributed by atoms with Crippen molar-refractivity contribution < 1.29 is 0 Å². The minimum atomic E-state index is 0. The van der Waals surface area contributed by atoms with E-state index in [0.29, 0.717) is 12.0 Å². The number of piperazine rings is 1. The van der Waals surface area contributed by atoms with Crippen molar-refractivity contribution in [1.82, 2.24) is 20.4 Å². The molecule has 0 aromatic heterocycles. The second-order valence-electron chi connectivity index (χ2n) is 7.65. The van der Waals surface area contributed by atoms with Crippen molar-refractivity contribution in [2.45, 2.75) is 39.8 Å². The summed E-state index contributed by atoms with van der Waals surface area (Å²) in [5, 5.41) is 6.95. The van der Waals surface area contributed by atoms with E-state index in [1.165, 1.54) is 5.56 Å². The lowest BCUT2D eigenvalue weighted by Gasteiger charge is -2.39. The van der Waals surface area contributed by atoms with Crippen molar-refractivity contribution in [1.29, 1.82) is 0 Å². The maximum absolute atomic E-state index is 4.93. The summed E-state index contributed by atoms with van der Waals surface area (Å²) in [7, 11) is 2.21. The Morgan fingerprint density at radius 3 is 2.26 bits per heavy atom. The van der Waals surface area contributed by atoms with E-state index in [1.807, 2.05) is 0 Å². The molecule has 0 amide bonds. The van der Waals surface area contributed by atoms with Crippen LogP contribution < -0.4 is 10.6 Å². The maximum Gasteiger partial charge on any atom is 0.191 e. The molecule has 1 fully saturated rings. The van der Waals surface area contributed by atoms with E-state index in [1.54, 1.807) is 0 Å². The maximum atomic E-state index is 4.93. The summed E-state index contributed by atoms with van der Waals surface area (Å²) in [6.07, 6.45) is 0. The third kappa shape index (κ3) is 7.95. The molecule has 2 rings (SSSR count). The molecular formula is C21H38IN5. The van der Waals surface area contributed by atoms with Gasteiger partial charge in [0.25, 0.3) is 0 Å². The monoisotopic (exact) mass is 487 g/mol. The van der Waals surface area contributed by atoms with Gasteiger partial charge in [0, 0.05) is 38.8 Å². The van der Waals surface area contributed by atoms with Gasteiger partial charge in [-0.25, -0.2) is 0 Å². The van der Waals surface area contributed by atoms with Crippen LogP contribution in [0.15, 0.2) is 35.3 Å². The van der Waals surface area contributed by atoms with Crippen LogP contribution >= 0.6 is 24.0 Å². The van der Waals surface area contributed by atoms with E-state index in [0.717, 1.165) is 45.2 Å². The van der Waals surface area contributed by atoms with Crippen LogP contribution in [0, 0.1) is 5.92 Å². The predicted octanol–water partition coefficient (Wildman–Crippen LogP) is 3.19. The lowest BCUT2D eigenvalue weighted by Crippen LogP contribution is -2.52. The lowest BCUT2D eigenvalue weighted by molar-refractivity contribution is 0.0925. The number of aliphatic imine (C=N–C) groups is 1. The van der Waals surface area contributed by atoms with Crippen LogP contribution in [-0.2, 0) is 0 Å². The van der Waals surface area contributed by atoms with Gasteiger partial charge in [-0.3, -0.25) is 9.89 Å². The fraction of sp³-hybridized carbons (Fsp3) is 0.667. The topological polar surface area (TPSA) is 42.9 Å². The van der Waals surface area contributed by atoms with Crippen molar-refractivity contribution >= 4 is 29.9 Å². The van der Waals surface area contributed by atoms with Gasteiger partial charge in [0.2, 0.25) is 0 Å². The Morgan fingerprint density at radius 2 is 1.70 bits per heavy atom. The molecule has 1 aliphatic heterocycles. The summed E-state index contributed by atoms with van der Waals surface area (Å²) < 4.78 is 0. The van der Waals surface area contributed by atoms with Crippen molar-refractivity contribution in [3.63, 3.8) is 0 Å². The van der Waals surface area contributed by atoms with E-state index in [2.05, 4.69) is 85.5 Å². The number of benzene rings is 1. The Kier molecular flexibility index (Phi) is 11.3. The number of rotatable bonds is 7. The molecule has 0 aliphatic carbocycles. The van der Waals surface area contributed by atoms with Crippen molar-refractivity contribution in [3.8, 4) is 0 Å². The smallest absolute Gasteiger partial charge is 0.191 e. The second kappa shape index (κ2) is 12.6. The van der Waals surface area contributed by atoms with Crippen LogP contribution in [0.4, 0.5) is 0 Å². The highest BCUT2D eigenvalue weighted by Crippen LogP contribution is 2.15. The molecule has 1 aliphatic rings. The number of halogens is 1. The minimum Gasteiger partial charge on any atom is -0.357 e. The Bertz CT molecular complexity index is 541. The van der Waals surface area contributed by atoms with E-state index in [-0.39, 0.29) is 30.0 Å². The van der Waals surface area contributed by atoms with Gasteiger partial charge in [-0.05, 0) is 32.4 Å². The zero-order valence-corrected chi connectivity index (χ0v) is 19.9. The van der Waals surface area contributed by atoms with E-state index in [9.17, 15) is 0 Å². The number of guanidine groups is 1. The predicted molar refractivity (Wildman–Crippen MR) is 127 cm³/mol. The molecule has 0 saturated carbocycles. The molecule has 154 valence electrons. The Hall–Kier alpha value is -0.860. The Morgan fingerprint density at radius 1 is 1.07 bits per heavy atom. The molecule has 1 aromatic rings. The number of hydrogen-bond acceptors (Lipinski definition) is 3. The van der Waals surface area contributed by atoms with Gasteiger partial charge >= 0.3 is 0 Å². The van der Waals surface area contributed by atoms with Gasteiger partial charge in [-0.1, -0.05) is 44.2 Å². The fourth-order valence-electron chi connectivity index (χ4n) is 3.44. The molecule has 27 heavy (non-hydrogen) atoms. The molecule has 2 N–H and O–H groups in total. The first kappa shape index (κ1) is 24.2.